The van der Waals surface area contributed by atoms with Crippen LogP contribution in [0.3, 0.4) is 0 Å². The van der Waals surface area contributed by atoms with Gasteiger partial charge in [0, 0.05) is 39.0 Å². The van der Waals surface area contributed by atoms with Gasteiger partial charge in [0.25, 0.3) is 5.91 Å². The van der Waals surface area contributed by atoms with Gasteiger partial charge < -0.3 is 20.3 Å². The van der Waals surface area contributed by atoms with Gasteiger partial charge in [-0.25, -0.2) is 0 Å². The summed E-state index contributed by atoms with van der Waals surface area (Å²) in [5.41, 5.74) is 0. The van der Waals surface area contributed by atoms with Gasteiger partial charge in [0.15, 0.2) is 6.61 Å². The van der Waals surface area contributed by atoms with E-state index < -0.39 is 0 Å². The van der Waals surface area contributed by atoms with Gasteiger partial charge in [-0.05, 0) is 25.0 Å². The fourth-order valence-electron chi connectivity index (χ4n) is 2.71. The maximum atomic E-state index is 12.2. The SMILES string of the molecule is CC(=O)NCCNC(=O)C1CCN(C(=O)COc2ccccc2)CC1. The van der Waals surface area contributed by atoms with Crippen molar-refractivity contribution in [3.63, 3.8) is 0 Å². The molecule has 136 valence electrons. The van der Waals surface area contributed by atoms with Crippen LogP contribution in [-0.2, 0) is 14.4 Å². The number of carbonyl (C=O) groups is 3. The molecule has 7 nitrogen and oxygen atoms in total. The molecule has 2 rings (SSSR count). The molecule has 1 aromatic rings. The second-order valence-corrected chi connectivity index (χ2v) is 6.03. The summed E-state index contributed by atoms with van der Waals surface area (Å²) in [4.78, 5) is 36.8. The molecule has 0 bridgehead atoms. The minimum absolute atomic E-state index is 0.0115. The molecule has 0 radical (unpaired) electrons. The molecule has 0 saturated carbocycles. The van der Waals surface area contributed by atoms with E-state index in [1.807, 2.05) is 30.3 Å². The minimum Gasteiger partial charge on any atom is -0.484 e. The lowest BCUT2D eigenvalue weighted by Gasteiger charge is -2.31. The normalized spacial score (nSPS) is 14.7. The second-order valence-electron chi connectivity index (χ2n) is 6.03. The third kappa shape index (κ3) is 6.45. The van der Waals surface area contributed by atoms with Crippen LogP contribution in [0.1, 0.15) is 19.8 Å². The molecule has 2 N–H and O–H groups in total. The highest BCUT2D eigenvalue weighted by molar-refractivity contribution is 5.80. The topological polar surface area (TPSA) is 87.7 Å². The zero-order chi connectivity index (χ0) is 18.1. The average molecular weight is 347 g/mol. The van der Waals surface area contributed by atoms with Crippen LogP contribution in [0.4, 0.5) is 0 Å². The van der Waals surface area contributed by atoms with Crippen molar-refractivity contribution in [2.75, 3.05) is 32.8 Å². The standard InChI is InChI=1S/C18H25N3O4/c1-14(22)19-9-10-20-18(24)15-7-11-21(12-8-15)17(23)13-25-16-5-3-2-4-6-16/h2-6,15H,7-13H2,1H3,(H,19,22)(H,20,24). The first-order valence-electron chi connectivity index (χ1n) is 8.54. The molecule has 3 amide bonds. The van der Waals surface area contributed by atoms with E-state index in [2.05, 4.69) is 10.6 Å². The number of piperidine rings is 1. The van der Waals surface area contributed by atoms with Crippen molar-refractivity contribution < 1.29 is 19.1 Å². The van der Waals surface area contributed by atoms with Crippen LogP contribution >= 0.6 is 0 Å². The largest absolute Gasteiger partial charge is 0.484 e. The maximum Gasteiger partial charge on any atom is 0.260 e. The van der Waals surface area contributed by atoms with E-state index >= 15 is 0 Å². The van der Waals surface area contributed by atoms with Gasteiger partial charge in [0.1, 0.15) is 5.75 Å². The molecule has 0 aromatic heterocycles. The van der Waals surface area contributed by atoms with E-state index in [-0.39, 0.29) is 30.2 Å². The molecule has 1 aliphatic heterocycles. The molecular weight excluding hydrogens is 322 g/mol. The lowest BCUT2D eigenvalue weighted by atomic mass is 9.96. The Hall–Kier alpha value is -2.57. The van der Waals surface area contributed by atoms with Gasteiger partial charge >= 0.3 is 0 Å². The van der Waals surface area contributed by atoms with Crippen molar-refractivity contribution in [3.05, 3.63) is 30.3 Å². The summed E-state index contributed by atoms with van der Waals surface area (Å²) in [6, 6.07) is 9.22. The highest BCUT2D eigenvalue weighted by atomic mass is 16.5. The Morgan fingerprint density at radius 2 is 1.72 bits per heavy atom. The number of hydrogen-bond donors (Lipinski definition) is 2. The molecule has 25 heavy (non-hydrogen) atoms. The Balaban J connectivity index is 1.65. The zero-order valence-corrected chi connectivity index (χ0v) is 14.5. The van der Waals surface area contributed by atoms with Crippen LogP contribution in [-0.4, -0.2) is 55.4 Å². The smallest absolute Gasteiger partial charge is 0.260 e. The number of carbonyl (C=O) groups excluding carboxylic acids is 3. The van der Waals surface area contributed by atoms with Crippen molar-refractivity contribution in [1.29, 1.82) is 0 Å². The van der Waals surface area contributed by atoms with Crippen LogP contribution in [0.5, 0.6) is 5.75 Å². The van der Waals surface area contributed by atoms with Gasteiger partial charge in [-0.1, -0.05) is 18.2 Å². The summed E-state index contributed by atoms with van der Waals surface area (Å²) in [5.74, 6) is 0.394. The summed E-state index contributed by atoms with van der Waals surface area (Å²) in [5, 5.41) is 5.45. The Bertz CT molecular complexity index is 583. The number of amides is 3. The van der Waals surface area contributed by atoms with E-state index in [0.29, 0.717) is 44.8 Å². The predicted molar refractivity (Wildman–Crippen MR) is 92.9 cm³/mol. The Labute approximate surface area is 147 Å². The third-order valence-corrected chi connectivity index (χ3v) is 4.12. The summed E-state index contributed by atoms with van der Waals surface area (Å²) < 4.78 is 5.48. The second kappa shape index (κ2) is 9.66. The fraction of sp³-hybridized carbons (Fsp3) is 0.500. The van der Waals surface area contributed by atoms with Gasteiger partial charge in [-0.3, -0.25) is 14.4 Å². The molecule has 1 fully saturated rings. The number of ether oxygens (including phenoxy) is 1. The minimum atomic E-state index is -0.112. The first-order chi connectivity index (χ1) is 12.1. The van der Waals surface area contributed by atoms with E-state index in [1.165, 1.54) is 6.92 Å². The lowest BCUT2D eigenvalue weighted by Crippen LogP contribution is -2.45. The molecule has 0 aliphatic carbocycles. The van der Waals surface area contributed by atoms with Crippen molar-refractivity contribution in [2.24, 2.45) is 5.92 Å². The molecule has 1 aliphatic rings. The highest BCUT2D eigenvalue weighted by Gasteiger charge is 2.27. The van der Waals surface area contributed by atoms with Gasteiger partial charge in [0.2, 0.25) is 11.8 Å². The van der Waals surface area contributed by atoms with Crippen LogP contribution in [0, 0.1) is 5.92 Å². The molecule has 1 heterocycles. The van der Waals surface area contributed by atoms with E-state index in [0.717, 1.165) is 0 Å². The van der Waals surface area contributed by atoms with Crippen LogP contribution in [0.25, 0.3) is 0 Å². The van der Waals surface area contributed by atoms with Gasteiger partial charge in [0.05, 0.1) is 0 Å². The molecule has 1 saturated heterocycles. The number of para-hydroxylation sites is 1. The van der Waals surface area contributed by atoms with Crippen molar-refractivity contribution >= 4 is 17.7 Å². The average Bonchev–Trinajstić information content (AvgIpc) is 2.64. The van der Waals surface area contributed by atoms with E-state index in [4.69, 9.17) is 4.74 Å². The third-order valence-electron chi connectivity index (χ3n) is 4.12. The monoisotopic (exact) mass is 347 g/mol. The summed E-state index contributed by atoms with van der Waals surface area (Å²) in [6.45, 7) is 3.41. The number of nitrogens with zero attached hydrogens (tertiary/aromatic N) is 1. The lowest BCUT2D eigenvalue weighted by molar-refractivity contribution is -0.137. The van der Waals surface area contributed by atoms with Gasteiger partial charge in [-0.15, -0.1) is 0 Å². The number of benzene rings is 1. The summed E-state index contributed by atoms with van der Waals surface area (Å²) >= 11 is 0. The van der Waals surface area contributed by atoms with Gasteiger partial charge in [-0.2, -0.15) is 0 Å². The van der Waals surface area contributed by atoms with Crippen molar-refractivity contribution in [1.82, 2.24) is 15.5 Å². The Morgan fingerprint density at radius 3 is 2.36 bits per heavy atom. The predicted octanol–water partition coefficient (Wildman–Crippen LogP) is 0.556. The fourth-order valence-corrected chi connectivity index (χ4v) is 2.71. The number of likely N-dealkylation sites (tertiary alicyclic amines) is 1. The first kappa shape index (κ1) is 18.8. The summed E-state index contributed by atoms with van der Waals surface area (Å²) in [7, 11) is 0. The molecule has 1 aromatic carbocycles. The van der Waals surface area contributed by atoms with Crippen LogP contribution in [0.15, 0.2) is 30.3 Å². The zero-order valence-electron chi connectivity index (χ0n) is 14.5. The molecule has 7 heteroatoms. The van der Waals surface area contributed by atoms with E-state index in [1.54, 1.807) is 4.90 Å². The number of rotatable bonds is 7. The van der Waals surface area contributed by atoms with Crippen LogP contribution in [0.2, 0.25) is 0 Å². The van der Waals surface area contributed by atoms with Crippen molar-refractivity contribution in [2.45, 2.75) is 19.8 Å². The molecule has 0 spiro atoms. The molecule has 0 unspecified atom stereocenters. The highest BCUT2D eigenvalue weighted by Crippen LogP contribution is 2.18. The maximum absolute atomic E-state index is 12.2. The Morgan fingerprint density at radius 1 is 1.08 bits per heavy atom. The first-order valence-corrected chi connectivity index (χ1v) is 8.54. The number of nitrogens with one attached hydrogen (secondary N) is 2. The number of hydrogen-bond acceptors (Lipinski definition) is 4. The summed E-state index contributed by atoms with van der Waals surface area (Å²) in [6.07, 6.45) is 1.28. The quantitative estimate of drug-likeness (QED) is 0.706. The van der Waals surface area contributed by atoms with Crippen LogP contribution < -0.4 is 15.4 Å². The molecule has 0 atom stereocenters. The Kier molecular flexibility index (Phi) is 7.25. The molecular formula is C18H25N3O4. The van der Waals surface area contributed by atoms with E-state index in [9.17, 15) is 14.4 Å². The van der Waals surface area contributed by atoms with Crippen molar-refractivity contribution in [3.8, 4) is 5.75 Å².